The second kappa shape index (κ2) is 19.3. The van der Waals surface area contributed by atoms with Gasteiger partial charge < -0.3 is 4.57 Å². The molecule has 2 heteroatoms. The van der Waals surface area contributed by atoms with Crippen LogP contribution in [0.15, 0.2) is 174 Å². The first-order chi connectivity index (χ1) is 25.5. The van der Waals surface area contributed by atoms with Crippen LogP contribution in [-0.4, -0.2) is 10.3 Å². The lowest BCUT2D eigenvalue weighted by Crippen LogP contribution is -2.18. The third kappa shape index (κ3) is 9.80. The minimum absolute atomic E-state index is 0.228. The van der Waals surface area contributed by atoms with Gasteiger partial charge in [0, 0.05) is 32.5 Å². The topological polar surface area (TPSA) is 4.93 Å². The lowest BCUT2D eigenvalue weighted by Gasteiger charge is -2.31. The highest BCUT2D eigenvalue weighted by molar-refractivity contribution is 8.03. The van der Waals surface area contributed by atoms with Crippen LogP contribution >= 0.6 is 11.8 Å². The van der Waals surface area contributed by atoms with Gasteiger partial charge in [0.25, 0.3) is 0 Å². The zero-order valence-electron chi connectivity index (χ0n) is 33.6. The van der Waals surface area contributed by atoms with Gasteiger partial charge in [-0.3, -0.25) is 0 Å². The molecule has 0 fully saturated rings. The molecule has 0 aliphatic heterocycles. The molecule has 0 spiro atoms. The highest BCUT2D eigenvalue weighted by atomic mass is 32.2. The van der Waals surface area contributed by atoms with Crippen molar-refractivity contribution in [2.75, 3.05) is 5.75 Å². The van der Waals surface area contributed by atoms with E-state index in [0.717, 1.165) is 29.9 Å². The number of benzene rings is 3. The van der Waals surface area contributed by atoms with Crippen LogP contribution in [0.1, 0.15) is 80.7 Å². The molecule has 0 saturated heterocycles. The summed E-state index contributed by atoms with van der Waals surface area (Å²) in [4.78, 5) is 1.35. The van der Waals surface area contributed by atoms with E-state index < -0.39 is 0 Å². The Bertz CT molecular complexity index is 2180. The third-order valence-corrected chi connectivity index (χ3v) is 11.2. The number of rotatable bonds is 16. The number of aromatic nitrogens is 1. The molecule has 0 aliphatic carbocycles. The highest BCUT2D eigenvalue weighted by Crippen LogP contribution is 2.42. The fraction of sp³-hybridized carbons (Fsp3) is 0.255. The summed E-state index contributed by atoms with van der Waals surface area (Å²) >= 11 is 1.91. The molecule has 4 aromatic rings. The summed E-state index contributed by atoms with van der Waals surface area (Å²) in [6.07, 6.45) is 25.8. The Hall–Kier alpha value is -4.79. The van der Waals surface area contributed by atoms with Gasteiger partial charge in [-0.05, 0) is 113 Å². The highest BCUT2D eigenvalue weighted by Gasteiger charge is 2.27. The van der Waals surface area contributed by atoms with Crippen LogP contribution in [0.2, 0.25) is 0 Å². The van der Waals surface area contributed by atoms with E-state index in [-0.39, 0.29) is 5.41 Å². The first-order valence-electron chi connectivity index (χ1n) is 18.9. The maximum absolute atomic E-state index is 4.52. The quantitative estimate of drug-likeness (QED) is 0.0825. The summed E-state index contributed by atoms with van der Waals surface area (Å²) in [5, 5.41) is 2.48. The molecule has 0 aliphatic rings. The van der Waals surface area contributed by atoms with E-state index in [0.29, 0.717) is 0 Å². The van der Waals surface area contributed by atoms with Gasteiger partial charge in [0.15, 0.2) is 0 Å². The fourth-order valence-electron chi connectivity index (χ4n) is 6.83. The number of thioether (sulfide) groups is 1. The van der Waals surface area contributed by atoms with Crippen LogP contribution in [0.4, 0.5) is 0 Å². The summed E-state index contributed by atoms with van der Waals surface area (Å²) in [5.41, 5.74) is 13.2. The third-order valence-electron chi connectivity index (χ3n) is 10.2. The Morgan fingerprint density at radius 3 is 2.15 bits per heavy atom. The normalized spacial score (nSPS) is 14.4. The van der Waals surface area contributed by atoms with Crippen molar-refractivity contribution in [3.8, 4) is 11.1 Å². The van der Waals surface area contributed by atoms with E-state index in [9.17, 15) is 0 Å². The molecule has 53 heavy (non-hydrogen) atoms. The van der Waals surface area contributed by atoms with Crippen molar-refractivity contribution < 1.29 is 0 Å². The molecule has 0 radical (unpaired) electrons. The number of hydrogen-bond acceptors (Lipinski definition) is 1. The van der Waals surface area contributed by atoms with Gasteiger partial charge in [-0.15, -0.1) is 18.3 Å². The molecule has 0 N–H and O–H groups in total. The van der Waals surface area contributed by atoms with Crippen molar-refractivity contribution in [3.05, 3.63) is 179 Å². The van der Waals surface area contributed by atoms with E-state index in [1.807, 2.05) is 30.8 Å². The molecule has 0 bridgehead atoms. The van der Waals surface area contributed by atoms with Crippen molar-refractivity contribution in [3.63, 3.8) is 0 Å². The molecule has 0 atom stereocenters. The molecular weight excluding hydrogens is 659 g/mol. The minimum atomic E-state index is -0.228. The van der Waals surface area contributed by atoms with Crippen molar-refractivity contribution in [2.45, 2.75) is 75.2 Å². The average molecular weight is 718 g/mol. The number of nitrogens with zero attached hydrogens (tertiary/aromatic N) is 1. The Labute approximate surface area is 325 Å². The van der Waals surface area contributed by atoms with Crippen LogP contribution in [0.5, 0.6) is 0 Å². The van der Waals surface area contributed by atoms with Crippen LogP contribution in [0, 0.1) is 5.41 Å². The second-order valence-electron chi connectivity index (χ2n) is 14.1. The van der Waals surface area contributed by atoms with E-state index in [2.05, 4.69) is 195 Å². The van der Waals surface area contributed by atoms with Crippen LogP contribution in [-0.2, 0) is 0 Å². The predicted octanol–water partition coefficient (Wildman–Crippen LogP) is 15.9. The lowest BCUT2D eigenvalue weighted by molar-refractivity contribution is 0.544. The first kappa shape index (κ1) is 41.0. The van der Waals surface area contributed by atoms with Crippen molar-refractivity contribution in [1.29, 1.82) is 0 Å². The summed E-state index contributed by atoms with van der Waals surface area (Å²) in [5.74, 6) is 0.910. The van der Waals surface area contributed by atoms with Crippen molar-refractivity contribution in [1.82, 2.24) is 4.57 Å². The molecule has 0 amide bonds. The summed E-state index contributed by atoms with van der Waals surface area (Å²) < 4.78 is 2.43. The maximum atomic E-state index is 4.52. The summed E-state index contributed by atoms with van der Waals surface area (Å²) in [6.45, 7) is 28.3. The number of allylic oxidation sites excluding steroid dienone is 16. The van der Waals surface area contributed by atoms with Gasteiger partial charge in [-0.25, -0.2) is 0 Å². The Morgan fingerprint density at radius 1 is 0.830 bits per heavy atom. The van der Waals surface area contributed by atoms with Gasteiger partial charge >= 0.3 is 0 Å². The van der Waals surface area contributed by atoms with Crippen LogP contribution < -0.4 is 0 Å². The van der Waals surface area contributed by atoms with Crippen molar-refractivity contribution >= 4 is 44.8 Å². The molecule has 274 valence electrons. The van der Waals surface area contributed by atoms with E-state index >= 15 is 0 Å². The maximum Gasteiger partial charge on any atom is 0.0541 e. The molecule has 1 heterocycles. The molecular formula is C51H59NS. The standard InChI is InChI=1S/C51H59NS/c1-12-17-18-20-25-38(8)42-28-30-48-45(34-42)46-35-43(41-26-21-19-22-27-41)29-31-49(46)52(48)44(16-5)36-47(37(6)7)51(10,11)39(9)32-33-53-50(24-14-3)40(15-4)23-13-2/h12-14,16-22,24-32,34-36H,2,6,15,23,33H2,1,3-5,7-11H3/b17-12-,20-18-,24-14-,38-25+,39-32+,44-16?,47-36+,50-40-. The number of fused-ring (bicyclic) bond motifs is 3. The molecule has 1 aromatic heterocycles. The Balaban J connectivity index is 1.86. The Morgan fingerprint density at radius 2 is 1.53 bits per heavy atom. The molecule has 0 unspecified atom stereocenters. The van der Waals surface area contributed by atoms with Gasteiger partial charge in [0.2, 0.25) is 0 Å². The van der Waals surface area contributed by atoms with Gasteiger partial charge in [0.1, 0.15) is 0 Å². The van der Waals surface area contributed by atoms with E-state index in [4.69, 9.17) is 0 Å². The SMILES string of the molecule is C=CC/C(CC)=C(/C=C\C)SC/C=C(\C)C(C)(C)/C(=C/C(=CC)n1c2ccc(/C(C)=C/C=C\C=C/C)cc2c2cc(-c3ccccc3)ccc21)C(=C)C. The zero-order chi connectivity index (χ0) is 38.5. The van der Waals surface area contributed by atoms with Gasteiger partial charge in [0.05, 0.1) is 11.0 Å². The molecule has 4 rings (SSSR count). The molecule has 0 saturated carbocycles. The largest absolute Gasteiger partial charge is 0.310 e. The predicted molar refractivity (Wildman–Crippen MR) is 242 cm³/mol. The van der Waals surface area contributed by atoms with E-state index in [1.54, 1.807) is 0 Å². The smallest absolute Gasteiger partial charge is 0.0541 e. The van der Waals surface area contributed by atoms with E-state index in [1.165, 1.54) is 65.7 Å². The summed E-state index contributed by atoms with van der Waals surface area (Å²) in [6, 6.07) is 24.5. The van der Waals surface area contributed by atoms with Gasteiger partial charge in [-0.2, -0.15) is 0 Å². The van der Waals surface area contributed by atoms with Crippen LogP contribution in [0.25, 0.3) is 44.2 Å². The zero-order valence-corrected chi connectivity index (χ0v) is 34.4. The molecule has 3 aromatic carbocycles. The van der Waals surface area contributed by atoms with Gasteiger partial charge in [-0.1, -0.05) is 147 Å². The minimum Gasteiger partial charge on any atom is -0.310 e. The summed E-state index contributed by atoms with van der Waals surface area (Å²) in [7, 11) is 0. The fourth-order valence-corrected chi connectivity index (χ4v) is 8.00. The Kier molecular flexibility index (Phi) is 14.9. The monoisotopic (exact) mass is 717 g/mol. The first-order valence-corrected chi connectivity index (χ1v) is 19.9. The second-order valence-corrected chi connectivity index (χ2v) is 15.2. The molecule has 1 nitrogen and oxygen atoms in total. The lowest BCUT2D eigenvalue weighted by atomic mass is 9.74. The number of hydrogen-bond donors (Lipinski definition) is 0. The van der Waals surface area contributed by atoms with Crippen LogP contribution in [0.3, 0.4) is 0 Å². The van der Waals surface area contributed by atoms with Crippen molar-refractivity contribution in [2.24, 2.45) is 5.41 Å². The average Bonchev–Trinajstić information content (AvgIpc) is 3.48.